The van der Waals surface area contributed by atoms with Crippen molar-refractivity contribution in [3.63, 3.8) is 0 Å². The predicted molar refractivity (Wildman–Crippen MR) is 96.8 cm³/mol. The molecule has 1 atom stereocenters. The third kappa shape index (κ3) is 3.57. The first kappa shape index (κ1) is 16.4. The molecule has 0 aromatic heterocycles. The van der Waals surface area contributed by atoms with Crippen molar-refractivity contribution in [3.8, 4) is 12.1 Å². The van der Waals surface area contributed by atoms with Gasteiger partial charge in [0.2, 0.25) is 0 Å². The second kappa shape index (κ2) is 7.43. The average Bonchev–Trinajstić information content (AvgIpc) is 2.68. The number of ketones is 1. The molecule has 0 saturated carbocycles. The summed E-state index contributed by atoms with van der Waals surface area (Å²) >= 11 is 0. The molecule has 0 aliphatic carbocycles. The number of carbonyl (C=O) groups is 1. The molecule has 0 aliphatic heterocycles. The monoisotopic (exact) mass is 324 g/mol. The third-order valence-corrected chi connectivity index (χ3v) is 4.38. The van der Waals surface area contributed by atoms with Crippen molar-refractivity contribution in [2.45, 2.75) is 12.3 Å². The number of nitriles is 2. The van der Waals surface area contributed by atoms with Crippen molar-refractivity contribution in [3.05, 3.63) is 83.9 Å². The highest BCUT2D eigenvalue weighted by molar-refractivity contribution is 5.96. The largest absolute Gasteiger partial charge is 0.294 e. The van der Waals surface area contributed by atoms with Crippen LogP contribution in [0.15, 0.2) is 72.8 Å². The minimum absolute atomic E-state index is 0.0609. The molecule has 0 aliphatic rings. The highest BCUT2D eigenvalue weighted by Gasteiger charge is 2.26. The molecule has 1 unspecified atom stereocenters. The molecule has 0 amide bonds. The van der Waals surface area contributed by atoms with Crippen LogP contribution in [0.3, 0.4) is 0 Å². The Morgan fingerprint density at radius 2 is 1.48 bits per heavy atom. The van der Waals surface area contributed by atoms with Crippen molar-refractivity contribution in [1.82, 2.24) is 0 Å². The van der Waals surface area contributed by atoms with Crippen molar-refractivity contribution in [1.29, 1.82) is 10.5 Å². The lowest BCUT2D eigenvalue weighted by atomic mass is 9.82. The normalized spacial score (nSPS) is 11.6. The Kier molecular flexibility index (Phi) is 4.88. The van der Waals surface area contributed by atoms with E-state index >= 15 is 0 Å². The summed E-state index contributed by atoms with van der Waals surface area (Å²) in [5, 5.41) is 20.9. The number of rotatable bonds is 5. The van der Waals surface area contributed by atoms with E-state index in [1.165, 1.54) is 0 Å². The molecular weight excluding hydrogens is 308 g/mol. The van der Waals surface area contributed by atoms with Crippen molar-refractivity contribution < 1.29 is 4.79 Å². The number of nitrogens with zero attached hydrogens (tertiary/aromatic N) is 2. The fourth-order valence-electron chi connectivity index (χ4n) is 3.02. The van der Waals surface area contributed by atoms with Crippen LogP contribution < -0.4 is 0 Å². The second-order valence-electron chi connectivity index (χ2n) is 5.94. The van der Waals surface area contributed by atoms with Crippen LogP contribution in [0.5, 0.6) is 0 Å². The highest BCUT2D eigenvalue weighted by atomic mass is 16.1. The van der Waals surface area contributed by atoms with E-state index in [0.717, 1.165) is 16.3 Å². The first-order chi connectivity index (χ1) is 12.2. The number of benzene rings is 3. The SMILES string of the molecule is N#CC(C#N)C(CC(=O)c1ccccc1)c1ccc2ccccc2c1. The Hall–Kier alpha value is -3.43. The molecule has 3 nitrogen and oxygen atoms in total. The van der Waals surface area contributed by atoms with Gasteiger partial charge in [-0.3, -0.25) is 4.79 Å². The Balaban J connectivity index is 1.98. The molecule has 0 saturated heterocycles. The topological polar surface area (TPSA) is 64.7 Å². The van der Waals surface area contributed by atoms with Crippen LogP contribution in [0.2, 0.25) is 0 Å². The lowest BCUT2D eigenvalue weighted by Gasteiger charge is -2.18. The Bertz CT molecular complexity index is 966. The van der Waals surface area contributed by atoms with Crippen LogP contribution in [0.25, 0.3) is 10.8 Å². The first-order valence-electron chi connectivity index (χ1n) is 8.09. The standard InChI is InChI=1S/C22H16N2O/c23-14-20(15-24)21(13-22(25)17-7-2-1-3-8-17)19-11-10-16-6-4-5-9-18(16)12-19/h1-12,20-21H,13H2. The molecule has 0 heterocycles. The Morgan fingerprint density at radius 3 is 2.16 bits per heavy atom. The van der Waals surface area contributed by atoms with Crippen molar-refractivity contribution >= 4 is 16.6 Å². The summed E-state index contributed by atoms with van der Waals surface area (Å²) in [5.74, 6) is -1.38. The number of hydrogen-bond donors (Lipinski definition) is 0. The molecule has 3 aromatic rings. The van der Waals surface area contributed by atoms with E-state index in [-0.39, 0.29) is 12.2 Å². The quantitative estimate of drug-likeness (QED) is 0.629. The zero-order chi connectivity index (χ0) is 17.6. The van der Waals surface area contributed by atoms with Crippen LogP contribution in [0.1, 0.15) is 28.3 Å². The van der Waals surface area contributed by atoms with E-state index in [1.807, 2.05) is 72.8 Å². The molecule has 0 fully saturated rings. The molecule has 25 heavy (non-hydrogen) atoms. The van der Waals surface area contributed by atoms with Gasteiger partial charge in [-0.25, -0.2) is 0 Å². The zero-order valence-electron chi connectivity index (χ0n) is 13.6. The van der Waals surface area contributed by atoms with E-state index in [4.69, 9.17) is 0 Å². The van der Waals surface area contributed by atoms with E-state index in [1.54, 1.807) is 12.1 Å². The molecule has 3 rings (SSSR count). The summed E-state index contributed by atoms with van der Waals surface area (Å²) < 4.78 is 0. The summed E-state index contributed by atoms with van der Waals surface area (Å²) in [6.07, 6.45) is 0.133. The molecule has 0 N–H and O–H groups in total. The number of Topliss-reactive ketones (excluding diaryl/α,β-unsaturated/α-hetero) is 1. The molecular formula is C22H16N2O. The van der Waals surface area contributed by atoms with Gasteiger partial charge in [0.25, 0.3) is 0 Å². The minimum Gasteiger partial charge on any atom is -0.294 e. The van der Waals surface area contributed by atoms with Gasteiger partial charge in [-0.1, -0.05) is 72.8 Å². The average molecular weight is 324 g/mol. The molecule has 0 radical (unpaired) electrons. The van der Waals surface area contributed by atoms with Gasteiger partial charge in [0, 0.05) is 17.9 Å². The van der Waals surface area contributed by atoms with Crippen molar-refractivity contribution in [2.75, 3.05) is 0 Å². The van der Waals surface area contributed by atoms with Gasteiger partial charge in [-0.05, 0) is 16.3 Å². The first-order valence-corrected chi connectivity index (χ1v) is 8.09. The van der Waals surface area contributed by atoms with Crippen LogP contribution in [0, 0.1) is 28.6 Å². The molecule has 3 aromatic carbocycles. The molecule has 0 spiro atoms. The molecule has 120 valence electrons. The van der Waals surface area contributed by atoms with Crippen LogP contribution in [-0.2, 0) is 0 Å². The smallest absolute Gasteiger partial charge is 0.163 e. The van der Waals surface area contributed by atoms with Crippen LogP contribution in [-0.4, -0.2) is 5.78 Å². The summed E-state index contributed by atoms with van der Waals surface area (Å²) in [7, 11) is 0. The summed E-state index contributed by atoms with van der Waals surface area (Å²) in [4.78, 5) is 12.6. The second-order valence-corrected chi connectivity index (χ2v) is 5.94. The number of hydrogen-bond acceptors (Lipinski definition) is 3. The van der Waals surface area contributed by atoms with Gasteiger partial charge >= 0.3 is 0 Å². The fourth-order valence-corrected chi connectivity index (χ4v) is 3.02. The molecule has 0 bridgehead atoms. The van der Waals surface area contributed by atoms with Crippen molar-refractivity contribution in [2.24, 2.45) is 5.92 Å². The third-order valence-electron chi connectivity index (χ3n) is 4.38. The van der Waals surface area contributed by atoms with E-state index < -0.39 is 11.8 Å². The summed E-state index contributed by atoms with van der Waals surface area (Å²) in [6.45, 7) is 0. The Morgan fingerprint density at radius 1 is 0.840 bits per heavy atom. The van der Waals surface area contributed by atoms with Gasteiger partial charge in [0.15, 0.2) is 5.78 Å². The predicted octanol–water partition coefficient (Wildman–Crippen LogP) is 4.86. The van der Waals surface area contributed by atoms with Gasteiger partial charge < -0.3 is 0 Å². The molecule has 3 heteroatoms. The van der Waals surface area contributed by atoms with Crippen LogP contribution >= 0.6 is 0 Å². The van der Waals surface area contributed by atoms with Gasteiger partial charge in [0.05, 0.1) is 12.1 Å². The van der Waals surface area contributed by atoms with Gasteiger partial charge in [0.1, 0.15) is 5.92 Å². The van der Waals surface area contributed by atoms with Gasteiger partial charge in [-0.15, -0.1) is 0 Å². The number of carbonyl (C=O) groups excluding carboxylic acids is 1. The highest BCUT2D eigenvalue weighted by Crippen LogP contribution is 2.31. The Labute approximate surface area is 146 Å². The zero-order valence-corrected chi connectivity index (χ0v) is 13.6. The maximum absolute atomic E-state index is 12.6. The van der Waals surface area contributed by atoms with E-state index in [2.05, 4.69) is 0 Å². The maximum Gasteiger partial charge on any atom is 0.163 e. The minimum atomic E-state index is -0.867. The van der Waals surface area contributed by atoms with Crippen LogP contribution in [0.4, 0.5) is 0 Å². The van der Waals surface area contributed by atoms with E-state index in [9.17, 15) is 15.3 Å². The van der Waals surface area contributed by atoms with E-state index in [0.29, 0.717) is 5.56 Å². The maximum atomic E-state index is 12.6. The number of fused-ring (bicyclic) bond motifs is 1. The van der Waals surface area contributed by atoms with Gasteiger partial charge in [-0.2, -0.15) is 10.5 Å². The summed E-state index contributed by atoms with van der Waals surface area (Å²) in [6, 6.07) is 26.8. The lowest BCUT2D eigenvalue weighted by molar-refractivity contribution is 0.0971. The summed E-state index contributed by atoms with van der Waals surface area (Å²) in [5.41, 5.74) is 1.44. The fraction of sp³-hybridized carbons (Fsp3) is 0.136. The lowest BCUT2D eigenvalue weighted by Crippen LogP contribution is -2.15.